The molecule has 3 nitrogen and oxygen atoms in total. The predicted octanol–water partition coefficient (Wildman–Crippen LogP) is 3.06. The molecule has 0 aromatic heterocycles. The van der Waals surface area contributed by atoms with Gasteiger partial charge >= 0.3 is 0 Å². The van der Waals surface area contributed by atoms with Gasteiger partial charge in [0.05, 0.1) is 4.90 Å². The van der Waals surface area contributed by atoms with Crippen LogP contribution in [0, 0.1) is 17.7 Å². The second-order valence-electron chi connectivity index (χ2n) is 5.40. The molecule has 19 heavy (non-hydrogen) atoms. The van der Waals surface area contributed by atoms with Gasteiger partial charge in [-0.3, -0.25) is 0 Å². The van der Waals surface area contributed by atoms with Crippen molar-refractivity contribution < 1.29 is 12.8 Å². The Hall–Kier alpha value is -0.460. The van der Waals surface area contributed by atoms with E-state index in [1.165, 1.54) is 18.2 Å². The van der Waals surface area contributed by atoms with Crippen molar-refractivity contribution in [3.63, 3.8) is 0 Å². The number of nitrogens with one attached hydrogen (secondary N) is 1. The average Bonchev–Trinajstić information content (AvgIpc) is 3.18. The summed E-state index contributed by atoms with van der Waals surface area (Å²) in [5.74, 6) is 0.523. The minimum atomic E-state index is -3.58. The zero-order valence-corrected chi connectivity index (χ0v) is 12.7. The predicted molar refractivity (Wildman–Crippen MR) is 73.7 cm³/mol. The van der Waals surface area contributed by atoms with Crippen molar-refractivity contribution in [3.05, 3.63) is 28.5 Å². The summed E-state index contributed by atoms with van der Waals surface area (Å²) in [4.78, 5) is 0.111. The van der Waals surface area contributed by atoms with Gasteiger partial charge in [0.2, 0.25) is 10.0 Å². The summed E-state index contributed by atoms with van der Waals surface area (Å²) in [5.41, 5.74) is 0. The molecule has 0 bridgehead atoms. The first-order chi connectivity index (χ1) is 8.97. The van der Waals surface area contributed by atoms with Gasteiger partial charge < -0.3 is 0 Å². The highest BCUT2D eigenvalue weighted by atomic mass is 79.9. The van der Waals surface area contributed by atoms with E-state index in [0.29, 0.717) is 11.8 Å². The van der Waals surface area contributed by atoms with Crippen molar-refractivity contribution in [2.24, 2.45) is 11.8 Å². The summed E-state index contributed by atoms with van der Waals surface area (Å²) >= 11 is 3.12. The van der Waals surface area contributed by atoms with Crippen LogP contribution >= 0.6 is 15.9 Å². The minimum absolute atomic E-state index is 0.0574. The highest BCUT2D eigenvalue weighted by molar-refractivity contribution is 9.10. The maximum Gasteiger partial charge on any atom is 0.241 e. The fourth-order valence-electron chi connectivity index (χ4n) is 2.42. The lowest BCUT2D eigenvalue weighted by Gasteiger charge is -2.18. The Morgan fingerprint density at radius 2 is 1.79 bits per heavy atom. The van der Waals surface area contributed by atoms with Crippen LogP contribution in [-0.4, -0.2) is 14.5 Å². The molecule has 0 unspecified atom stereocenters. The largest absolute Gasteiger partial charge is 0.241 e. The molecule has 2 aliphatic carbocycles. The summed E-state index contributed by atoms with van der Waals surface area (Å²) in [6, 6.07) is 3.71. The Labute approximate surface area is 120 Å². The van der Waals surface area contributed by atoms with Crippen LogP contribution in [0.4, 0.5) is 4.39 Å². The Morgan fingerprint density at radius 3 is 2.26 bits per heavy atom. The van der Waals surface area contributed by atoms with Gasteiger partial charge in [0.1, 0.15) is 5.82 Å². The standard InChI is InChI=1S/C13H15BrFNO2S/c14-11-7-10(15)5-6-12(11)19(17,18)16-13(8-1-2-8)9-3-4-9/h5-9,13,16H,1-4H2. The summed E-state index contributed by atoms with van der Waals surface area (Å²) in [6.07, 6.45) is 4.42. The first-order valence-electron chi connectivity index (χ1n) is 6.45. The summed E-state index contributed by atoms with van der Waals surface area (Å²) in [5, 5.41) is 0. The first kappa shape index (κ1) is 13.5. The molecule has 1 N–H and O–H groups in total. The van der Waals surface area contributed by atoms with Crippen molar-refractivity contribution in [3.8, 4) is 0 Å². The SMILES string of the molecule is O=S(=O)(NC(C1CC1)C1CC1)c1ccc(F)cc1Br. The molecule has 2 fully saturated rings. The molecule has 0 aliphatic heterocycles. The number of sulfonamides is 1. The van der Waals surface area contributed by atoms with E-state index in [9.17, 15) is 12.8 Å². The van der Waals surface area contributed by atoms with Crippen LogP contribution in [0.2, 0.25) is 0 Å². The van der Waals surface area contributed by atoms with E-state index in [2.05, 4.69) is 20.7 Å². The molecule has 0 atom stereocenters. The van der Waals surface area contributed by atoms with E-state index >= 15 is 0 Å². The quantitative estimate of drug-likeness (QED) is 0.889. The van der Waals surface area contributed by atoms with Crippen molar-refractivity contribution in [1.82, 2.24) is 4.72 Å². The van der Waals surface area contributed by atoms with Gasteiger partial charge in [-0.2, -0.15) is 0 Å². The van der Waals surface area contributed by atoms with Gasteiger partial charge in [-0.15, -0.1) is 0 Å². The third kappa shape index (κ3) is 3.01. The summed E-state index contributed by atoms with van der Waals surface area (Å²) in [6.45, 7) is 0. The van der Waals surface area contributed by atoms with Crippen molar-refractivity contribution >= 4 is 26.0 Å². The Morgan fingerprint density at radius 1 is 1.21 bits per heavy atom. The Bertz CT molecular complexity index is 585. The lowest BCUT2D eigenvalue weighted by Crippen LogP contribution is -2.38. The van der Waals surface area contributed by atoms with Gasteiger partial charge in [-0.1, -0.05) is 0 Å². The smallest absolute Gasteiger partial charge is 0.207 e. The third-order valence-electron chi connectivity index (χ3n) is 3.73. The van der Waals surface area contributed by atoms with Crippen molar-refractivity contribution in [2.45, 2.75) is 36.6 Å². The van der Waals surface area contributed by atoms with E-state index in [-0.39, 0.29) is 15.4 Å². The van der Waals surface area contributed by atoms with E-state index in [1.54, 1.807) is 0 Å². The average molecular weight is 348 g/mol. The molecule has 0 heterocycles. The fraction of sp³-hybridized carbons (Fsp3) is 0.538. The lowest BCUT2D eigenvalue weighted by molar-refractivity contribution is 0.471. The molecule has 6 heteroatoms. The molecule has 3 rings (SSSR count). The van der Waals surface area contributed by atoms with Crippen LogP contribution < -0.4 is 4.72 Å². The number of rotatable bonds is 5. The molecule has 1 aromatic rings. The first-order valence-corrected chi connectivity index (χ1v) is 8.72. The van der Waals surface area contributed by atoms with Crippen LogP contribution in [0.1, 0.15) is 25.7 Å². The van der Waals surface area contributed by atoms with E-state index < -0.39 is 15.8 Å². The Kier molecular flexibility index (Phi) is 3.43. The number of hydrogen-bond acceptors (Lipinski definition) is 2. The molecular weight excluding hydrogens is 333 g/mol. The van der Waals surface area contributed by atoms with Gasteiger partial charge in [0.15, 0.2) is 0 Å². The highest BCUT2D eigenvalue weighted by Gasteiger charge is 2.43. The van der Waals surface area contributed by atoms with Crippen LogP contribution in [0.25, 0.3) is 0 Å². The third-order valence-corrected chi connectivity index (χ3v) is 6.17. The topological polar surface area (TPSA) is 46.2 Å². The van der Waals surface area contributed by atoms with Crippen molar-refractivity contribution in [1.29, 1.82) is 0 Å². The number of hydrogen-bond donors (Lipinski definition) is 1. The highest BCUT2D eigenvalue weighted by Crippen LogP contribution is 2.45. The molecule has 0 spiro atoms. The van der Waals surface area contributed by atoms with Gasteiger partial charge in [-0.05, 0) is 71.6 Å². The van der Waals surface area contributed by atoms with Crippen molar-refractivity contribution in [2.75, 3.05) is 0 Å². The molecule has 0 radical (unpaired) electrons. The monoisotopic (exact) mass is 347 g/mol. The maximum atomic E-state index is 13.0. The second-order valence-corrected chi connectivity index (χ2v) is 7.93. The molecule has 1 aromatic carbocycles. The minimum Gasteiger partial charge on any atom is -0.207 e. The number of halogens is 2. The molecule has 2 aliphatic rings. The van der Waals surface area contributed by atoms with Gasteiger partial charge in [0.25, 0.3) is 0 Å². The van der Waals surface area contributed by atoms with Gasteiger partial charge in [-0.25, -0.2) is 17.5 Å². The molecular formula is C13H15BrFNO2S. The van der Waals surface area contributed by atoms with Crippen LogP contribution in [0.3, 0.4) is 0 Å². The molecule has 104 valence electrons. The fourth-order valence-corrected chi connectivity index (χ4v) is 4.85. The zero-order valence-electron chi connectivity index (χ0n) is 10.3. The zero-order chi connectivity index (χ0) is 13.6. The van der Waals surface area contributed by atoms with Crippen LogP contribution in [-0.2, 0) is 10.0 Å². The second kappa shape index (κ2) is 4.82. The number of benzene rings is 1. The van der Waals surface area contributed by atoms with E-state index in [4.69, 9.17) is 0 Å². The molecule has 0 amide bonds. The van der Waals surface area contributed by atoms with Crippen LogP contribution in [0.15, 0.2) is 27.6 Å². The summed E-state index contributed by atoms with van der Waals surface area (Å²) in [7, 11) is -3.58. The van der Waals surface area contributed by atoms with E-state index in [1.807, 2.05) is 0 Å². The normalized spacial score (nSPS) is 19.9. The molecule has 2 saturated carbocycles. The summed E-state index contributed by atoms with van der Waals surface area (Å²) < 4.78 is 40.9. The Balaban J connectivity index is 1.85. The van der Waals surface area contributed by atoms with E-state index in [0.717, 1.165) is 25.7 Å². The molecule has 0 saturated heterocycles. The van der Waals surface area contributed by atoms with Gasteiger partial charge in [0, 0.05) is 10.5 Å². The van der Waals surface area contributed by atoms with Crippen LogP contribution in [0.5, 0.6) is 0 Å². The lowest BCUT2D eigenvalue weighted by atomic mass is 10.1. The maximum absolute atomic E-state index is 13.0.